The van der Waals surface area contributed by atoms with Crippen molar-refractivity contribution in [2.75, 3.05) is 45.8 Å². The Morgan fingerprint density at radius 1 is 1.00 bits per heavy atom. The number of piperidine rings is 2. The van der Waals surface area contributed by atoms with Crippen molar-refractivity contribution in [3.8, 4) is 0 Å². The van der Waals surface area contributed by atoms with Crippen molar-refractivity contribution in [3.05, 3.63) is 30.1 Å². The minimum Gasteiger partial charge on any atom is -0.356 e. The van der Waals surface area contributed by atoms with Gasteiger partial charge in [0.25, 0.3) is 0 Å². The third-order valence-electron chi connectivity index (χ3n) is 7.75. The van der Waals surface area contributed by atoms with Gasteiger partial charge in [-0.25, -0.2) is 0 Å². The molecule has 1 N–H and O–H groups in total. The molecular formula is C25H41N5O. The molecule has 1 aromatic rings. The largest absolute Gasteiger partial charge is 0.356 e. The van der Waals surface area contributed by atoms with Crippen molar-refractivity contribution >= 4 is 5.91 Å². The highest BCUT2D eigenvalue weighted by molar-refractivity contribution is 5.79. The third-order valence-corrected chi connectivity index (χ3v) is 7.75. The van der Waals surface area contributed by atoms with E-state index < -0.39 is 0 Å². The maximum absolute atomic E-state index is 13.2. The van der Waals surface area contributed by atoms with Gasteiger partial charge in [0, 0.05) is 44.1 Å². The fourth-order valence-corrected chi connectivity index (χ4v) is 5.79. The molecule has 1 amide bonds. The van der Waals surface area contributed by atoms with E-state index in [4.69, 9.17) is 0 Å². The lowest BCUT2D eigenvalue weighted by atomic mass is 9.87. The standard InChI is InChI=1S/C25H41N5O/c1-2-28-16-9-22(10-17-28)29-18-11-23-24(20-29)30(19-21-7-13-26-14-8-21)15-6-4-3-5-12-27-25(23)31/h7-8,13-14,22-24H,2-6,9-12,15-20H2,1H3,(H,27,31)/t23-,24+/m0/s1. The van der Waals surface area contributed by atoms with Crippen LogP contribution in [0.1, 0.15) is 57.4 Å². The Morgan fingerprint density at radius 3 is 2.55 bits per heavy atom. The number of fused-ring (bicyclic) bond motifs is 1. The van der Waals surface area contributed by atoms with E-state index in [2.05, 4.69) is 44.1 Å². The van der Waals surface area contributed by atoms with Crippen molar-refractivity contribution in [1.82, 2.24) is 25.0 Å². The number of amides is 1. The van der Waals surface area contributed by atoms with E-state index in [0.29, 0.717) is 12.1 Å². The van der Waals surface area contributed by atoms with Gasteiger partial charge in [-0.05, 0) is 82.5 Å². The van der Waals surface area contributed by atoms with Gasteiger partial charge in [0.05, 0.1) is 5.92 Å². The highest BCUT2D eigenvalue weighted by Crippen LogP contribution is 2.29. The summed E-state index contributed by atoms with van der Waals surface area (Å²) in [4.78, 5) is 25.3. The lowest BCUT2D eigenvalue weighted by Crippen LogP contribution is -2.59. The van der Waals surface area contributed by atoms with Gasteiger partial charge >= 0.3 is 0 Å². The number of likely N-dealkylation sites (tertiary alicyclic amines) is 2. The molecule has 3 fully saturated rings. The number of hydrogen-bond acceptors (Lipinski definition) is 5. The zero-order chi connectivity index (χ0) is 21.5. The molecule has 0 unspecified atom stereocenters. The van der Waals surface area contributed by atoms with Crippen LogP contribution in [0.25, 0.3) is 0 Å². The topological polar surface area (TPSA) is 51.7 Å². The van der Waals surface area contributed by atoms with Crippen LogP contribution in [0.15, 0.2) is 24.5 Å². The highest BCUT2D eigenvalue weighted by atomic mass is 16.1. The van der Waals surface area contributed by atoms with Gasteiger partial charge in [-0.3, -0.25) is 19.6 Å². The summed E-state index contributed by atoms with van der Waals surface area (Å²) in [5.74, 6) is 0.388. The number of hydrogen-bond donors (Lipinski definition) is 1. The number of carbonyl (C=O) groups excluding carboxylic acids is 1. The number of carbonyl (C=O) groups is 1. The predicted molar refractivity (Wildman–Crippen MR) is 125 cm³/mol. The molecule has 0 bridgehead atoms. The first-order valence-electron chi connectivity index (χ1n) is 12.6. The predicted octanol–water partition coefficient (Wildman–Crippen LogP) is 2.75. The Bertz CT molecular complexity index is 676. The van der Waals surface area contributed by atoms with Gasteiger partial charge < -0.3 is 10.2 Å². The number of rotatable bonds is 4. The minimum atomic E-state index is 0.104. The zero-order valence-corrected chi connectivity index (χ0v) is 19.3. The van der Waals surface area contributed by atoms with E-state index in [1.165, 1.54) is 50.8 Å². The molecule has 0 aromatic carbocycles. The Hall–Kier alpha value is -1.50. The first-order valence-corrected chi connectivity index (χ1v) is 12.6. The van der Waals surface area contributed by atoms with Crippen molar-refractivity contribution in [1.29, 1.82) is 0 Å². The summed E-state index contributed by atoms with van der Waals surface area (Å²) in [5, 5.41) is 3.27. The van der Waals surface area contributed by atoms with Crippen LogP contribution in [-0.4, -0.2) is 83.5 Å². The van der Waals surface area contributed by atoms with Crippen molar-refractivity contribution in [2.45, 2.75) is 70.5 Å². The van der Waals surface area contributed by atoms with E-state index in [1.54, 1.807) is 0 Å². The smallest absolute Gasteiger partial charge is 0.224 e. The molecule has 3 saturated heterocycles. The molecule has 4 rings (SSSR count). The molecule has 3 aliphatic heterocycles. The zero-order valence-electron chi connectivity index (χ0n) is 19.3. The van der Waals surface area contributed by atoms with Gasteiger partial charge in [0.15, 0.2) is 0 Å². The van der Waals surface area contributed by atoms with Crippen LogP contribution in [0.5, 0.6) is 0 Å². The lowest BCUT2D eigenvalue weighted by Gasteiger charge is -2.47. The molecule has 172 valence electrons. The molecule has 0 spiro atoms. The van der Waals surface area contributed by atoms with Crippen LogP contribution >= 0.6 is 0 Å². The second-order valence-corrected chi connectivity index (χ2v) is 9.65. The number of nitrogens with one attached hydrogen (secondary N) is 1. The van der Waals surface area contributed by atoms with Crippen LogP contribution in [0.2, 0.25) is 0 Å². The molecule has 2 atom stereocenters. The summed E-state index contributed by atoms with van der Waals surface area (Å²) in [6.45, 7) is 10.8. The van der Waals surface area contributed by atoms with Gasteiger partial charge in [-0.15, -0.1) is 0 Å². The first kappa shape index (κ1) is 22.7. The van der Waals surface area contributed by atoms with Crippen LogP contribution < -0.4 is 5.32 Å². The summed E-state index contributed by atoms with van der Waals surface area (Å²) < 4.78 is 0. The van der Waals surface area contributed by atoms with Crippen LogP contribution in [0, 0.1) is 5.92 Å². The first-order chi connectivity index (χ1) is 15.2. The summed E-state index contributed by atoms with van der Waals surface area (Å²) in [7, 11) is 0. The minimum absolute atomic E-state index is 0.104. The normalized spacial score (nSPS) is 28.5. The second kappa shape index (κ2) is 11.4. The van der Waals surface area contributed by atoms with Crippen molar-refractivity contribution in [2.24, 2.45) is 5.92 Å². The molecule has 6 nitrogen and oxygen atoms in total. The third kappa shape index (κ3) is 6.05. The van der Waals surface area contributed by atoms with Crippen molar-refractivity contribution in [3.63, 3.8) is 0 Å². The molecule has 1 aromatic heterocycles. The quantitative estimate of drug-likeness (QED) is 0.801. The van der Waals surface area contributed by atoms with E-state index in [0.717, 1.165) is 52.1 Å². The Kier molecular flexibility index (Phi) is 8.34. The Balaban J connectivity index is 1.51. The average Bonchev–Trinajstić information content (AvgIpc) is 2.85. The Morgan fingerprint density at radius 2 is 1.77 bits per heavy atom. The lowest BCUT2D eigenvalue weighted by molar-refractivity contribution is -0.130. The van der Waals surface area contributed by atoms with E-state index in [9.17, 15) is 4.79 Å². The monoisotopic (exact) mass is 427 g/mol. The highest BCUT2D eigenvalue weighted by Gasteiger charge is 2.39. The fraction of sp³-hybridized carbons (Fsp3) is 0.760. The molecule has 4 heterocycles. The van der Waals surface area contributed by atoms with Crippen molar-refractivity contribution < 1.29 is 4.79 Å². The van der Waals surface area contributed by atoms with Gasteiger partial charge in [-0.2, -0.15) is 0 Å². The SMILES string of the molecule is CCN1CCC(N2CC[C@@H]3C(=O)NCCCCCCN(Cc4ccncc4)[C@@H]3C2)CC1. The molecule has 31 heavy (non-hydrogen) atoms. The van der Waals surface area contributed by atoms with Gasteiger partial charge in [-0.1, -0.05) is 19.8 Å². The number of pyridine rings is 1. The summed E-state index contributed by atoms with van der Waals surface area (Å²) in [6.07, 6.45) is 12.1. The van der Waals surface area contributed by atoms with E-state index in [-0.39, 0.29) is 11.8 Å². The summed E-state index contributed by atoms with van der Waals surface area (Å²) in [6, 6.07) is 5.22. The van der Waals surface area contributed by atoms with Crippen LogP contribution in [0.3, 0.4) is 0 Å². The molecule has 6 heteroatoms. The Labute approximate surface area is 188 Å². The van der Waals surface area contributed by atoms with Crippen LogP contribution in [-0.2, 0) is 11.3 Å². The molecular weight excluding hydrogens is 386 g/mol. The van der Waals surface area contributed by atoms with Gasteiger partial charge in [0.1, 0.15) is 0 Å². The maximum Gasteiger partial charge on any atom is 0.224 e. The van der Waals surface area contributed by atoms with Crippen LogP contribution in [0.4, 0.5) is 0 Å². The van der Waals surface area contributed by atoms with Gasteiger partial charge in [0.2, 0.25) is 5.91 Å². The van der Waals surface area contributed by atoms with E-state index >= 15 is 0 Å². The van der Waals surface area contributed by atoms with E-state index in [1.807, 2.05) is 12.4 Å². The molecule has 0 aliphatic carbocycles. The second-order valence-electron chi connectivity index (χ2n) is 9.65. The summed E-state index contributed by atoms with van der Waals surface area (Å²) in [5.41, 5.74) is 1.30. The average molecular weight is 428 g/mol. The fourth-order valence-electron chi connectivity index (χ4n) is 5.79. The number of aromatic nitrogens is 1. The molecule has 3 aliphatic rings. The maximum atomic E-state index is 13.2. The molecule has 0 radical (unpaired) electrons. The number of nitrogens with zero attached hydrogens (tertiary/aromatic N) is 4. The summed E-state index contributed by atoms with van der Waals surface area (Å²) >= 11 is 0. The molecule has 0 saturated carbocycles.